The van der Waals surface area contributed by atoms with Gasteiger partial charge in [0.05, 0.1) is 0 Å². The minimum atomic E-state index is 0.513. The molecular formula is C9H13N2P. The smallest absolute Gasteiger partial charge is 0.0431 e. The molecule has 0 spiro atoms. The van der Waals surface area contributed by atoms with Gasteiger partial charge < -0.3 is 10.4 Å². The SMILES string of the molecule is NCC1CN(P)c2ccccc21. The van der Waals surface area contributed by atoms with Crippen molar-refractivity contribution in [1.29, 1.82) is 0 Å². The molecule has 1 aliphatic heterocycles. The molecular weight excluding hydrogens is 167 g/mol. The maximum Gasteiger partial charge on any atom is 0.0431 e. The van der Waals surface area contributed by atoms with Gasteiger partial charge in [-0.15, -0.1) is 0 Å². The number of hydrogen-bond acceptors (Lipinski definition) is 2. The second-order valence-corrected chi connectivity index (χ2v) is 3.77. The fourth-order valence-corrected chi connectivity index (χ4v) is 2.22. The number of para-hydroxylation sites is 1. The lowest BCUT2D eigenvalue weighted by atomic mass is 10.0. The maximum absolute atomic E-state index is 5.67. The van der Waals surface area contributed by atoms with Crippen LogP contribution in [0, 0.1) is 0 Å². The highest BCUT2D eigenvalue weighted by Crippen LogP contribution is 2.37. The maximum atomic E-state index is 5.67. The first kappa shape index (κ1) is 8.03. The molecule has 2 rings (SSSR count). The van der Waals surface area contributed by atoms with E-state index < -0.39 is 0 Å². The summed E-state index contributed by atoms with van der Waals surface area (Å²) >= 11 is 0. The van der Waals surface area contributed by atoms with Crippen LogP contribution in [-0.4, -0.2) is 13.1 Å². The van der Waals surface area contributed by atoms with Gasteiger partial charge in [-0.05, 0) is 21.0 Å². The molecule has 1 aromatic carbocycles. The first-order valence-corrected chi connectivity index (χ1v) is 4.66. The molecule has 1 heterocycles. The highest BCUT2D eigenvalue weighted by Gasteiger charge is 2.24. The van der Waals surface area contributed by atoms with E-state index in [1.807, 2.05) is 0 Å². The van der Waals surface area contributed by atoms with Crippen LogP contribution in [0.5, 0.6) is 0 Å². The van der Waals surface area contributed by atoms with Crippen molar-refractivity contribution in [3.63, 3.8) is 0 Å². The molecule has 1 aliphatic rings. The summed E-state index contributed by atoms with van der Waals surface area (Å²) in [6, 6.07) is 8.44. The standard InChI is InChI=1S/C9H13N2P/c10-5-7-6-11(12)9-4-2-1-3-8(7)9/h1-4,7H,5-6,10,12H2. The summed E-state index contributed by atoms with van der Waals surface area (Å²) < 4.78 is 2.19. The second-order valence-electron chi connectivity index (χ2n) is 3.14. The molecule has 0 amide bonds. The third-order valence-corrected chi connectivity index (χ3v) is 2.88. The Hall–Kier alpha value is -0.590. The van der Waals surface area contributed by atoms with Crippen LogP contribution in [-0.2, 0) is 0 Å². The molecule has 2 atom stereocenters. The van der Waals surface area contributed by atoms with Gasteiger partial charge in [-0.25, -0.2) is 0 Å². The molecule has 0 saturated heterocycles. The van der Waals surface area contributed by atoms with Crippen molar-refractivity contribution in [2.45, 2.75) is 5.92 Å². The first-order valence-electron chi connectivity index (χ1n) is 4.14. The summed E-state index contributed by atoms with van der Waals surface area (Å²) in [5, 5.41) is 0. The van der Waals surface area contributed by atoms with Crippen LogP contribution in [0.2, 0.25) is 0 Å². The number of benzene rings is 1. The number of rotatable bonds is 1. The summed E-state index contributed by atoms with van der Waals surface area (Å²) in [6.45, 7) is 1.77. The Kier molecular flexibility index (Phi) is 2.03. The van der Waals surface area contributed by atoms with Crippen LogP contribution in [0.4, 0.5) is 5.69 Å². The summed E-state index contributed by atoms with van der Waals surface area (Å²) in [7, 11) is 2.73. The summed E-state index contributed by atoms with van der Waals surface area (Å²) in [5.41, 5.74) is 8.36. The fourth-order valence-electron chi connectivity index (χ4n) is 1.73. The van der Waals surface area contributed by atoms with Gasteiger partial charge in [0.25, 0.3) is 0 Å². The molecule has 3 heteroatoms. The van der Waals surface area contributed by atoms with E-state index in [4.69, 9.17) is 5.73 Å². The van der Waals surface area contributed by atoms with Gasteiger partial charge in [-0.3, -0.25) is 0 Å². The van der Waals surface area contributed by atoms with Gasteiger partial charge in [-0.2, -0.15) is 0 Å². The average Bonchev–Trinajstić information content (AvgIpc) is 2.44. The number of fused-ring (bicyclic) bond motifs is 1. The Balaban J connectivity index is 2.43. The number of anilines is 1. The van der Waals surface area contributed by atoms with Crippen LogP contribution in [0.15, 0.2) is 24.3 Å². The van der Waals surface area contributed by atoms with E-state index in [9.17, 15) is 0 Å². The van der Waals surface area contributed by atoms with E-state index in [0.29, 0.717) is 5.92 Å². The van der Waals surface area contributed by atoms with E-state index in [1.54, 1.807) is 0 Å². The van der Waals surface area contributed by atoms with Gasteiger partial charge in [0.1, 0.15) is 0 Å². The summed E-state index contributed by atoms with van der Waals surface area (Å²) in [6.07, 6.45) is 0. The third-order valence-electron chi connectivity index (χ3n) is 2.39. The van der Waals surface area contributed by atoms with Crippen molar-refractivity contribution >= 4 is 15.1 Å². The van der Waals surface area contributed by atoms with Crippen molar-refractivity contribution in [3.05, 3.63) is 29.8 Å². The van der Waals surface area contributed by atoms with Crippen LogP contribution < -0.4 is 10.4 Å². The molecule has 0 aliphatic carbocycles. The topological polar surface area (TPSA) is 29.3 Å². The Bertz CT molecular complexity index is 288. The predicted octanol–water partition coefficient (Wildman–Crippen LogP) is 1.34. The molecule has 2 N–H and O–H groups in total. The normalized spacial score (nSPS) is 21.2. The Morgan fingerprint density at radius 2 is 2.25 bits per heavy atom. The minimum Gasteiger partial charge on any atom is -0.355 e. The van der Waals surface area contributed by atoms with Gasteiger partial charge in [0.15, 0.2) is 0 Å². The van der Waals surface area contributed by atoms with E-state index in [2.05, 4.69) is 38.3 Å². The molecule has 12 heavy (non-hydrogen) atoms. The van der Waals surface area contributed by atoms with Gasteiger partial charge in [-0.1, -0.05) is 18.2 Å². The molecule has 2 unspecified atom stereocenters. The molecule has 0 fully saturated rings. The second kappa shape index (κ2) is 3.04. The monoisotopic (exact) mass is 180 g/mol. The molecule has 64 valence electrons. The van der Waals surface area contributed by atoms with E-state index in [1.165, 1.54) is 11.3 Å². The highest BCUT2D eigenvalue weighted by molar-refractivity contribution is 7.19. The van der Waals surface area contributed by atoms with Crippen molar-refractivity contribution in [3.8, 4) is 0 Å². The van der Waals surface area contributed by atoms with E-state index in [0.717, 1.165) is 13.1 Å². The van der Waals surface area contributed by atoms with Crippen molar-refractivity contribution < 1.29 is 0 Å². The lowest BCUT2D eigenvalue weighted by molar-refractivity contribution is 0.753. The minimum absolute atomic E-state index is 0.513. The fraction of sp³-hybridized carbons (Fsp3) is 0.333. The number of hydrogen-bond donors (Lipinski definition) is 1. The first-order chi connectivity index (χ1) is 5.83. The van der Waals surface area contributed by atoms with Gasteiger partial charge in [0.2, 0.25) is 0 Å². The Morgan fingerprint density at radius 3 is 3.00 bits per heavy atom. The third kappa shape index (κ3) is 1.12. The van der Waals surface area contributed by atoms with Crippen molar-refractivity contribution in [1.82, 2.24) is 0 Å². The molecule has 2 nitrogen and oxygen atoms in total. The summed E-state index contributed by atoms with van der Waals surface area (Å²) in [4.78, 5) is 0. The Morgan fingerprint density at radius 1 is 1.50 bits per heavy atom. The molecule has 0 saturated carbocycles. The van der Waals surface area contributed by atoms with Gasteiger partial charge in [0, 0.05) is 24.7 Å². The van der Waals surface area contributed by atoms with Crippen molar-refractivity contribution in [2.75, 3.05) is 17.8 Å². The summed E-state index contributed by atoms with van der Waals surface area (Å²) in [5.74, 6) is 0.513. The van der Waals surface area contributed by atoms with Crippen LogP contribution >= 0.6 is 9.39 Å². The van der Waals surface area contributed by atoms with Crippen LogP contribution in [0.1, 0.15) is 11.5 Å². The highest BCUT2D eigenvalue weighted by atomic mass is 31.0. The molecule has 0 aromatic heterocycles. The Labute approximate surface area is 75.0 Å². The zero-order valence-corrected chi connectivity index (χ0v) is 8.06. The largest absolute Gasteiger partial charge is 0.355 e. The number of nitrogens with two attached hydrogens (primary N) is 1. The van der Waals surface area contributed by atoms with Crippen LogP contribution in [0.25, 0.3) is 0 Å². The van der Waals surface area contributed by atoms with Crippen LogP contribution in [0.3, 0.4) is 0 Å². The lowest BCUT2D eigenvalue weighted by Crippen LogP contribution is -2.16. The van der Waals surface area contributed by atoms with E-state index in [-0.39, 0.29) is 0 Å². The number of nitrogens with zero attached hydrogens (tertiary/aromatic N) is 1. The lowest BCUT2D eigenvalue weighted by Gasteiger charge is -2.10. The molecule has 1 aromatic rings. The van der Waals surface area contributed by atoms with Crippen molar-refractivity contribution in [2.24, 2.45) is 5.73 Å². The average molecular weight is 180 g/mol. The zero-order valence-electron chi connectivity index (χ0n) is 6.90. The quantitative estimate of drug-likeness (QED) is 0.661. The molecule has 0 radical (unpaired) electrons. The van der Waals surface area contributed by atoms with E-state index >= 15 is 0 Å². The predicted molar refractivity (Wildman–Crippen MR) is 55.3 cm³/mol. The van der Waals surface area contributed by atoms with Gasteiger partial charge >= 0.3 is 0 Å². The zero-order chi connectivity index (χ0) is 8.55. The molecule has 0 bridgehead atoms.